The van der Waals surface area contributed by atoms with E-state index >= 15 is 0 Å². The Bertz CT molecular complexity index is 510. The Kier molecular flexibility index (Phi) is 4.76. The van der Waals surface area contributed by atoms with Crippen LogP contribution in [-0.2, 0) is 0 Å². The fraction of sp³-hybridized carbons (Fsp3) is 0.733. The number of carbonyl (C=O) groups is 1. The zero-order chi connectivity index (χ0) is 15.6. The van der Waals surface area contributed by atoms with Gasteiger partial charge >= 0.3 is 0 Å². The number of hydrogen-bond donors (Lipinski definition) is 2. The quantitative estimate of drug-likeness (QED) is 0.900. The van der Waals surface area contributed by atoms with E-state index in [0.29, 0.717) is 16.8 Å². The van der Waals surface area contributed by atoms with Crippen LogP contribution < -0.4 is 16.0 Å². The lowest BCUT2D eigenvalue weighted by Gasteiger charge is -2.24. The SMILES string of the molecule is CC(C)NC(=O)c1c(N)nsc1N1CCCC(C)(C)CC1. The van der Waals surface area contributed by atoms with E-state index in [4.69, 9.17) is 5.73 Å². The van der Waals surface area contributed by atoms with E-state index < -0.39 is 0 Å². The van der Waals surface area contributed by atoms with E-state index in [9.17, 15) is 4.79 Å². The standard InChI is InChI=1S/C15H26N4OS/c1-10(2)17-13(20)11-12(16)18-21-14(11)19-8-5-6-15(3,4)7-9-19/h10H,5-9H2,1-4H3,(H2,16,18)(H,17,20). The largest absolute Gasteiger partial charge is 0.382 e. The molecule has 0 spiro atoms. The van der Waals surface area contributed by atoms with Crippen molar-refractivity contribution in [2.45, 2.75) is 53.0 Å². The number of anilines is 2. The number of nitrogens with two attached hydrogens (primary N) is 1. The molecule has 2 heterocycles. The van der Waals surface area contributed by atoms with Gasteiger partial charge in [0.15, 0.2) is 5.82 Å². The summed E-state index contributed by atoms with van der Waals surface area (Å²) in [5, 5.41) is 3.84. The molecule has 3 N–H and O–H groups in total. The first kappa shape index (κ1) is 16.1. The number of nitrogens with zero attached hydrogens (tertiary/aromatic N) is 2. The first-order valence-electron chi connectivity index (χ1n) is 7.61. The van der Waals surface area contributed by atoms with Gasteiger partial charge in [0.05, 0.1) is 0 Å². The van der Waals surface area contributed by atoms with Gasteiger partial charge in [-0.25, -0.2) is 0 Å². The van der Waals surface area contributed by atoms with Gasteiger partial charge in [-0.3, -0.25) is 4.79 Å². The van der Waals surface area contributed by atoms with Crippen LogP contribution in [-0.4, -0.2) is 29.4 Å². The first-order valence-corrected chi connectivity index (χ1v) is 8.38. The minimum absolute atomic E-state index is 0.0905. The van der Waals surface area contributed by atoms with E-state index in [1.54, 1.807) is 0 Å². The molecule has 118 valence electrons. The van der Waals surface area contributed by atoms with Crippen molar-refractivity contribution in [3.8, 4) is 0 Å². The van der Waals surface area contributed by atoms with Crippen LogP contribution in [0.1, 0.15) is 57.3 Å². The van der Waals surface area contributed by atoms with E-state index in [1.807, 2.05) is 13.8 Å². The molecule has 0 saturated carbocycles. The van der Waals surface area contributed by atoms with Crippen molar-refractivity contribution in [3.63, 3.8) is 0 Å². The maximum atomic E-state index is 12.4. The van der Waals surface area contributed by atoms with Crippen LogP contribution in [0, 0.1) is 5.41 Å². The number of carbonyl (C=O) groups excluding carboxylic acids is 1. The van der Waals surface area contributed by atoms with E-state index in [0.717, 1.165) is 30.9 Å². The van der Waals surface area contributed by atoms with Gasteiger partial charge in [0.2, 0.25) is 0 Å². The van der Waals surface area contributed by atoms with Crippen LogP contribution in [0.2, 0.25) is 0 Å². The summed E-state index contributed by atoms with van der Waals surface area (Å²) >= 11 is 1.34. The topological polar surface area (TPSA) is 71.2 Å². The normalized spacial score (nSPS) is 18.6. The average molecular weight is 310 g/mol. The van der Waals surface area contributed by atoms with E-state index in [2.05, 4.69) is 28.4 Å². The molecule has 6 heteroatoms. The fourth-order valence-electron chi connectivity index (χ4n) is 2.68. The Morgan fingerprint density at radius 2 is 2.10 bits per heavy atom. The van der Waals surface area contributed by atoms with Gasteiger partial charge in [-0.05, 0) is 50.1 Å². The first-order chi connectivity index (χ1) is 9.80. The number of nitrogen functional groups attached to an aromatic ring is 1. The molecule has 1 saturated heterocycles. The number of aromatic nitrogens is 1. The van der Waals surface area contributed by atoms with Crippen molar-refractivity contribution in [3.05, 3.63) is 5.56 Å². The monoisotopic (exact) mass is 310 g/mol. The molecule has 2 rings (SSSR count). The summed E-state index contributed by atoms with van der Waals surface area (Å²) in [6.07, 6.45) is 3.47. The molecule has 1 aliphatic heterocycles. The highest BCUT2D eigenvalue weighted by Crippen LogP contribution is 2.36. The summed E-state index contributed by atoms with van der Waals surface area (Å²) in [7, 11) is 0. The third-order valence-corrected chi connectivity index (χ3v) is 4.90. The minimum Gasteiger partial charge on any atom is -0.382 e. The molecule has 1 aliphatic rings. The smallest absolute Gasteiger partial charge is 0.258 e. The molecule has 21 heavy (non-hydrogen) atoms. The maximum absolute atomic E-state index is 12.4. The average Bonchev–Trinajstić information content (AvgIpc) is 2.64. The number of nitrogens with one attached hydrogen (secondary N) is 1. The Labute approximate surface area is 131 Å². The van der Waals surface area contributed by atoms with Crippen molar-refractivity contribution < 1.29 is 4.79 Å². The second-order valence-corrected chi connectivity index (χ2v) is 7.63. The zero-order valence-corrected chi connectivity index (χ0v) is 14.2. The van der Waals surface area contributed by atoms with Crippen LogP contribution in [0.3, 0.4) is 0 Å². The molecule has 0 aromatic carbocycles. The lowest BCUT2D eigenvalue weighted by Crippen LogP contribution is -2.33. The van der Waals surface area contributed by atoms with Crippen molar-refractivity contribution in [2.24, 2.45) is 5.41 Å². The summed E-state index contributed by atoms with van der Waals surface area (Å²) in [4.78, 5) is 14.6. The van der Waals surface area contributed by atoms with Gasteiger partial charge in [0.1, 0.15) is 10.6 Å². The zero-order valence-electron chi connectivity index (χ0n) is 13.4. The summed E-state index contributed by atoms with van der Waals surface area (Å²) < 4.78 is 4.20. The van der Waals surface area contributed by atoms with Gasteiger partial charge in [-0.15, -0.1) is 0 Å². The molecular weight excluding hydrogens is 284 g/mol. The van der Waals surface area contributed by atoms with Crippen LogP contribution in [0.5, 0.6) is 0 Å². The van der Waals surface area contributed by atoms with Crippen molar-refractivity contribution in [2.75, 3.05) is 23.7 Å². The molecule has 0 unspecified atom stereocenters. The molecule has 1 aromatic heterocycles. The molecule has 0 bridgehead atoms. The molecule has 5 nitrogen and oxygen atoms in total. The van der Waals surface area contributed by atoms with E-state index in [1.165, 1.54) is 18.0 Å². The predicted molar refractivity (Wildman–Crippen MR) is 89.0 cm³/mol. The lowest BCUT2D eigenvalue weighted by atomic mass is 9.85. The highest BCUT2D eigenvalue weighted by molar-refractivity contribution is 7.11. The number of rotatable bonds is 3. The van der Waals surface area contributed by atoms with Gasteiger partial charge in [0.25, 0.3) is 5.91 Å². The highest BCUT2D eigenvalue weighted by Gasteiger charge is 2.28. The minimum atomic E-state index is -0.116. The molecular formula is C15H26N4OS. The number of hydrogen-bond acceptors (Lipinski definition) is 5. The van der Waals surface area contributed by atoms with Crippen molar-refractivity contribution in [1.82, 2.24) is 9.69 Å². The summed E-state index contributed by atoms with van der Waals surface area (Å²) in [6, 6.07) is 0.0905. The van der Waals surface area contributed by atoms with Crippen LogP contribution in [0.25, 0.3) is 0 Å². The Balaban J connectivity index is 2.22. The van der Waals surface area contributed by atoms with Gasteiger partial charge < -0.3 is 16.0 Å². The van der Waals surface area contributed by atoms with Crippen LogP contribution in [0.4, 0.5) is 10.8 Å². The van der Waals surface area contributed by atoms with Gasteiger partial charge in [-0.1, -0.05) is 13.8 Å². The second kappa shape index (κ2) is 6.22. The van der Waals surface area contributed by atoms with Crippen LogP contribution >= 0.6 is 11.5 Å². The molecule has 1 fully saturated rings. The Hall–Kier alpha value is -1.30. The summed E-state index contributed by atoms with van der Waals surface area (Å²) in [5.41, 5.74) is 6.84. The third-order valence-electron chi connectivity index (χ3n) is 3.97. The molecule has 0 aliphatic carbocycles. The summed E-state index contributed by atoms with van der Waals surface area (Å²) in [5.74, 6) is 0.228. The predicted octanol–water partition coefficient (Wildman–Crippen LogP) is 2.88. The number of amides is 1. The van der Waals surface area contributed by atoms with Gasteiger partial charge in [-0.2, -0.15) is 4.37 Å². The summed E-state index contributed by atoms with van der Waals surface area (Å²) in [6.45, 7) is 10.4. The second-order valence-electron chi connectivity index (χ2n) is 6.88. The lowest BCUT2D eigenvalue weighted by molar-refractivity contribution is 0.0944. The molecule has 1 aromatic rings. The maximum Gasteiger partial charge on any atom is 0.258 e. The molecule has 0 radical (unpaired) electrons. The van der Waals surface area contributed by atoms with Gasteiger partial charge in [0, 0.05) is 19.1 Å². The van der Waals surface area contributed by atoms with Crippen LogP contribution in [0.15, 0.2) is 0 Å². The third kappa shape index (κ3) is 3.87. The molecule has 0 atom stereocenters. The Morgan fingerprint density at radius 3 is 2.76 bits per heavy atom. The fourth-order valence-corrected chi connectivity index (χ4v) is 3.55. The Morgan fingerprint density at radius 1 is 1.38 bits per heavy atom. The van der Waals surface area contributed by atoms with Crippen molar-refractivity contribution in [1.29, 1.82) is 0 Å². The van der Waals surface area contributed by atoms with Crippen molar-refractivity contribution >= 4 is 28.3 Å². The molecule has 1 amide bonds. The highest BCUT2D eigenvalue weighted by atomic mass is 32.1. The van der Waals surface area contributed by atoms with E-state index in [-0.39, 0.29) is 11.9 Å².